The van der Waals surface area contributed by atoms with Gasteiger partial charge in [-0.25, -0.2) is 0 Å². The number of nitrogens with zero attached hydrogens (tertiary/aromatic N) is 3. The Labute approximate surface area is 163 Å². The van der Waals surface area contributed by atoms with Crippen molar-refractivity contribution in [1.82, 2.24) is 20.4 Å². The molecule has 0 fully saturated rings. The molecule has 2 rings (SSSR count). The molecule has 2 N–H and O–H groups in total. The molecule has 0 spiro atoms. The molecule has 1 aromatic heterocycles. The molecule has 6 heteroatoms. The molecule has 0 unspecified atom stereocenters. The van der Waals surface area contributed by atoms with Crippen molar-refractivity contribution in [3.63, 3.8) is 0 Å². The quantitative estimate of drug-likeness (QED) is 0.553. The summed E-state index contributed by atoms with van der Waals surface area (Å²) in [6.07, 6.45) is 0. The zero-order valence-electron chi connectivity index (χ0n) is 17.5. The first-order valence-corrected chi connectivity index (χ1v) is 9.41. The van der Waals surface area contributed by atoms with E-state index >= 15 is 0 Å². The highest BCUT2D eigenvalue weighted by Crippen LogP contribution is 2.21. The molecular formula is C21H33N5O. The summed E-state index contributed by atoms with van der Waals surface area (Å²) in [5.74, 6) is 0.794. The van der Waals surface area contributed by atoms with Gasteiger partial charge in [0, 0.05) is 43.9 Å². The van der Waals surface area contributed by atoms with E-state index in [9.17, 15) is 0 Å². The lowest BCUT2D eigenvalue weighted by atomic mass is 9.85. The monoisotopic (exact) mass is 371 g/mol. The van der Waals surface area contributed by atoms with Gasteiger partial charge < -0.3 is 15.4 Å². The molecule has 0 aliphatic heterocycles. The zero-order valence-corrected chi connectivity index (χ0v) is 17.5. The normalized spacial score (nSPS) is 12.3. The van der Waals surface area contributed by atoms with Crippen LogP contribution in [0.25, 0.3) is 0 Å². The fourth-order valence-electron chi connectivity index (χ4n) is 3.07. The summed E-state index contributed by atoms with van der Waals surface area (Å²) in [6.45, 7) is 11.5. The van der Waals surface area contributed by atoms with Gasteiger partial charge in [-0.15, -0.1) is 0 Å². The van der Waals surface area contributed by atoms with E-state index < -0.39 is 0 Å². The minimum atomic E-state index is 0.00967. The van der Waals surface area contributed by atoms with Gasteiger partial charge in [0.25, 0.3) is 0 Å². The first-order valence-electron chi connectivity index (χ1n) is 9.41. The summed E-state index contributed by atoms with van der Waals surface area (Å²) < 4.78 is 7.16. The summed E-state index contributed by atoms with van der Waals surface area (Å²) in [5.41, 5.74) is 4.72. The third-order valence-corrected chi connectivity index (χ3v) is 4.95. The summed E-state index contributed by atoms with van der Waals surface area (Å²) in [7, 11) is 3.51. The van der Waals surface area contributed by atoms with E-state index in [-0.39, 0.29) is 5.41 Å². The van der Waals surface area contributed by atoms with Crippen molar-refractivity contribution in [2.75, 3.05) is 27.3 Å². The lowest BCUT2D eigenvalue weighted by Gasteiger charge is -2.26. The van der Waals surface area contributed by atoms with Crippen molar-refractivity contribution in [3.8, 4) is 0 Å². The number of aryl methyl sites for hydroxylation is 1. The van der Waals surface area contributed by atoms with E-state index in [1.165, 1.54) is 11.1 Å². The molecule has 1 aromatic carbocycles. The summed E-state index contributed by atoms with van der Waals surface area (Å²) in [5, 5.41) is 11.5. The third-order valence-electron chi connectivity index (χ3n) is 4.95. The van der Waals surface area contributed by atoms with Crippen LogP contribution in [-0.2, 0) is 23.2 Å². The van der Waals surface area contributed by atoms with Crippen LogP contribution in [0, 0.1) is 13.8 Å². The minimum absolute atomic E-state index is 0.00967. The largest absolute Gasteiger partial charge is 0.383 e. The number of aliphatic imine (C=N–C) groups is 1. The van der Waals surface area contributed by atoms with Crippen LogP contribution >= 0.6 is 0 Å². The Hall–Kier alpha value is -2.34. The van der Waals surface area contributed by atoms with E-state index in [4.69, 9.17) is 4.74 Å². The number of methoxy groups -OCH3 is 1. The number of rotatable bonds is 8. The molecule has 0 saturated carbocycles. The fourth-order valence-corrected chi connectivity index (χ4v) is 3.07. The molecule has 0 saturated heterocycles. The third kappa shape index (κ3) is 5.57. The molecule has 0 aliphatic rings. The van der Waals surface area contributed by atoms with Gasteiger partial charge in [0.05, 0.1) is 18.8 Å². The van der Waals surface area contributed by atoms with E-state index in [1.54, 1.807) is 14.2 Å². The van der Waals surface area contributed by atoms with Gasteiger partial charge in [-0.1, -0.05) is 44.2 Å². The van der Waals surface area contributed by atoms with Crippen LogP contribution in [0.2, 0.25) is 0 Å². The van der Waals surface area contributed by atoms with E-state index in [1.807, 2.05) is 17.7 Å². The standard InChI is InChI=1S/C21H33N5O/c1-16-19(17(2)26(25-16)12-13-27-6)14-23-20(22-5)24-15-21(3,4)18-10-8-7-9-11-18/h7-11H,12-15H2,1-6H3,(H2,22,23,24). The first kappa shape index (κ1) is 21.0. The van der Waals surface area contributed by atoms with E-state index in [0.717, 1.165) is 30.4 Å². The van der Waals surface area contributed by atoms with Crippen molar-refractivity contribution in [1.29, 1.82) is 0 Å². The molecule has 0 aliphatic carbocycles. The average Bonchev–Trinajstić information content (AvgIpc) is 2.94. The summed E-state index contributed by atoms with van der Waals surface area (Å²) in [6, 6.07) is 10.5. The van der Waals surface area contributed by atoms with E-state index in [0.29, 0.717) is 13.2 Å². The van der Waals surface area contributed by atoms with Crippen LogP contribution < -0.4 is 10.6 Å². The molecule has 6 nitrogen and oxygen atoms in total. The van der Waals surface area contributed by atoms with Crippen LogP contribution in [0.15, 0.2) is 35.3 Å². The highest BCUT2D eigenvalue weighted by Gasteiger charge is 2.20. The predicted molar refractivity (Wildman–Crippen MR) is 111 cm³/mol. The van der Waals surface area contributed by atoms with Gasteiger partial charge in [-0.3, -0.25) is 9.67 Å². The lowest BCUT2D eigenvalue weighted by molar-refractivity contribution is 0.182. The second-order valence-electron chi connectivity index (χ2n) is 7.39. The summed E-state index contributed by atoms with van der Waals surface area (Å²) in [4.78, 5) is 4.36. The minimum Gasteiger partial charge on any atom is -0.383 e. The maximum Gasteiger partial charge on any atom is 0.191 e. The van der Waals surface area contributed by atoms with Crippen LogP contribution in [0.4, 0.5) is 0 Å². The highest BCUT2D eigenvalue weighted by atomic mass is 16.5. The van der Waals surface area contributed by atoms with Crippen molar-refractivity contribution < 1.29 is 4.74 Å². The topological polar surface area (TPSA) is 63.5 Å². The molecular weight excluding hydrogens is 338 g/mol. The fraction of sp³-hybridized carbons (Fsp3) is 0.524. The SMILES string of the molecule is CN=C(NCc1c(C)nn(CCOC)c1C)NCC(C)(C)c1ccccc1. The van der Waals surface area contributed by atoms with Gasteiger partial charge in [0.15, 0.2) is 5.96 Å². The Bertz CT molecular complexity index is 749. The second-order valence-corrected chi connectivity index (χ2v) is 7.39. The maximum atomic E-state index is 5.16. The van der Waals surface area contributed by atoms with Gasteiger partial charge in [0.2, 0.25) is 0 Å². The van der Waals surface area contributed by atoms with Gasteiger partial charge in [0.1, 0.15) is 0 Å². The molecule has 0 radical (unpaired) electrons. The molecule has 27 heavy (non-hydrogen) atoms. The van der Waals surface area contributed by atoms with Crippen molar-refractivity contribution in [2.24, 2.45) is 4.99 Å². The molecule has 1 heterocycles. The predicted octanol–water partition coefficient (Wildman–Crippen LogP) is 2.79. The van der Waals surface area contributed by atoms with E-state index in [2.05, 4.69) is 65.8 Å². The number of ether oxygens (including phenoxy) is 1. The molecule has 0 amide bonds. The highest BCUT2D eigenvalue weighted by molar-refractivity contribution is 5.79. The maximum absolute atomic E-state index is 5.16. The smallest absolute Gasteiger partial charge is 0.191 e. The van der Waals surface area contributed by atoms with Crippen LogP contribution in [-0.4, -0.2) is 43.0 Å². The molecule has 0 atom stereocenters. The van der Waals surface area contributed by atoms with Gasteiger partial charge >= 0.3 is 0 Å². The Morgan fingerprint density at radius 2 is 1.89 bits per heavy atom. The molecule has 2 aromatic rings. The van der Waals surface area contributed by atoms with Crippen molar-refractivity contribution in [3.05, 3.63) is 52.8 Å². The Balaban J connectivity index is 1.95. The van der Waals surface area contributed by atoms with Crippen LogP contribution in [0.3, 0.4) is 0 Å². The molecule has 0 bridgehead atoms. The summed E-state index contributed by atoms with van der Waals surface area (Å²) >= 11 is 0. The first-order chi connectivity index (χ1) is 12.9. The zero-order chi connectivity index (χ0) is 19.9. The Morgan fingerprint density at radius 3 is 2.52 bits per heavy atom. The van der Waals surface area contributed by atoms with Crippen LogP contribution in [0.1, 0.15) is 36.4 Å². The second kappa shape index (κ2) is 9.55. The van der Waals surface area contributed by atoms with Gasteiger partial charge in [-0.05, 0) is 19.4 Å². The van der Waals surface area contributed by atoms with Gasteiger partial charge in [-0.2, -0.15) is 5.10 Å². The number of hydrogen-bond acceptors (Lipinski definition) is 3. The molecule has 148 valence electrons. The number of aromatic nitrogens is 2. The Morgan fingerprint density at radius 1 is 1.19 bits per heavy atom. The van der Waals surface area contributed by atoms with Crippen molar-refractivity contribution >= 4 is 5.96 Å². The van der Waals surface area contributed by atoms with Crippen LogP contribution in [0.5, 0.6) is 0 Å². The van der Waals surface area contributed by atoms with Crippen molar-refractivity contribution in [2.45, 2.75) is 46.2 Å². The lowest BCUT2D eigenvalue weighted by Crippen LogP contribution is -2.43. The number of benzene rings is 1. The Kier molecular flexibility index (Phi) is 7.42. The average molecular weight is 372 g/mol. The number of guanidine groups is 1. The number of nitrogens with one attached hydrogen (secondary N) is 2. The number of hydrogen-bond donors (Lipinski definition) is 2.